The highest BCUT2D eigenvalue weighted by Crippen LogP contribution is 2.28. The molecule has 0 bridgehead atoms. The molecule has 0 radical (unpaired) electrons. The van der Waals surface area contributed by atoms with Crippen molar-refractivity contribution in [3.63, 3.8) is 0 Å². The number of carboxylic acids is 1. The van der Waals surface area contributed by atoms with Gasteiger partial charge < -0.3 is 20.3 Å². The summed E-state index contributed by atoms with van der Waals surface area (Å²) in [6.45, 7) is 4.54. The van der Waals surface area contributed by atoms with Gasteiger partial charge in [0, 0.05) is 12.1 Å². The van der Waals surface area contributed by atoms with Crippen LogP contribution in [0.5, 0.6) is 5.75 Å². The molecule has 3 N–H and O–H groups in total. The molecule has 6 nitrogen and oxygen atoms in total. The van der Waals surface area contributed by atoms with Crippen LogP contribution in [0.3, 0.4) is 0 Å². The Morgan fingerprint density at radius 3 is 2.23 bits per heavy atom. The molecule has 0 spiro atoms. The molecule has 0 heterocycles. The van der Waals surface area contributed by atoms with E-state index < -0.39 is 12.1 Å². The standard InChI is InChI=1S/C33H32N2O4/c1-33(2,19-23-7-6-10-27(17-23)24-8-4-3-5-9-24)35-21-30(36)22-39-31-18-28(15-16-29(31)20-34)25-11-13-26(14-12-25)32(37)38/h3-18,30,35-36H,19,21-22H2,1-2H3,(H,37,38)/t30-/m1/s1. The van der Waals surface area contributed by atoms with Gasteiger partial charge in [0.25, 0.3) is 0 Å². The first kappa shape index (κ1) is 27.6. The highest BCUT2D eigenvalue weighted by Gasteiger charge is 2.20. The van der Waals surface area contributed by atoms with E-state index in [2.05, 4.69) is 61.6 Å². The van der Waals surface area contributed by atoms with E-state index in [1.54, 1.807) is 30.3 Å². The van der Waals surface area contributed by atoms with Gasteiger partial charge in [0.05, 0.1) is 11.1 Å². The summed E-state index contributed by atoms with van der Waals surface area (Å²) in [5.41, 5.74) is 5.43. The number of aromatic carboxylic acids is 1. The second-order valence-corrected chi connectivity index (χ2v) is 10.2. The Morgan fingerprint density at radius 1 is 0.897 bits per heavy atom. The van der Waals surface area contributed by atoms with Crippen LogP contribution in [0.25, 0.3) is 22.3 Å². The van der Waals surface area contributed by atoms with Crippen LogP contribution in [0.1, 0.15) is 35.3 Å². The minimum absolute atomic E-state index is 0.0165. The maximum absolute atomic E-state index is 11.1. The SMILES string of the molecule is CC(C)(Cc1cccc(-c2ccccc2)c1)NC[C@@H](O)COc1cc(-c2ccc(C(=O)O)cc2)ccc1C#N. The van der Waals surface area contributed by atoms with Crippen molar-refractivity contribution < 1.29 is 19.7 Å². The van der Waals surface area contributed by atoms with Crippen LogP contribution in [0, 0.1) is 11.3 Å². The Balaban J connectivity index is 1.35. The molecule has 0 saturated carbocycles. The number of benzene rings is 4. The molecule has 0 aliphatic heterocycles. The number of carbonyl (C=O) groups is 1. The van der Waals surface area contributed by atoms with E-state index in [-0.39, 0.29) is 17.7 Å². The summed E-state index contributed by atoms with van der Waals surface area (Å²) in [5.74, 6) is -0.620. The van der Waals surface area contributed by atoms with Crippen molar-refractivity contribution in [2.45, 2.75) is 31.9 Å². The summed E-state index contributed by atoms with van der Waals surface area (Å²) >= 11 is 0. The second-order valence-electron chi connectivity index (χ2n) is 10.2. The first-order chi connectivity index (χ1) is 18.7. The van der Waals surface area contributed by atoms with Crippen LogP contribution in [0.15, 0.2) is 97.1 Å². The van der Waals surface area contributed by atoms with Gasteiger partial charge in [0.2, 0.25) is 0 Å². The summed E-state index contributed by atoms with van der Waals surface area (Å²) in [4.78, 5) is 11.1. The number of hydrogen-bond donors (Lipinski definition) is 3. The van der Waals surface area contributed by atoms with Crippen LogP contribution in [-0.2, 0) is 6.42 Å². The number of β-amino-alcohol motifs (C(OH)–C–C–N with tert-alkyl or cyclic N) is 1. The fourth-order valence-corrected chi connectivity index (χ4v) is 4.42. The number of nitrogens with one attached hydrogen (secondary N) is 1. The van der Waals surface area contributed by atoms with E-state index in [1.165, 1.54) is 28.8 Å². The van der Waals surface area contributed by atoms with Gasteiger partial charge in [-0.2, -0.15) is 5.26 Å². The lowest BCUT2D eigenvalue weighted by Crippen LogP contribution is -2.46. The van der Waals surface area contributed by atoms with Gasteiger partial charge in [-0.1, -0.05) is 72.8 Å². The molecule has 0 aliphatic rings. The third kappa shape index (κ3) is 7.55. The van der Waals surface area contributed by atoms with E-state index in [9.17, 15) is 15.2 Å². The predicted molar refractivity (Wildman–Crippen MR) is 153 cm³/mol. The number of nitriles is 1. The first-order valence-corrected chi connectivity index (χ1v) is 12.8. The number of rotatable bonds is 11. The average Bonchev–Trinajstić information content (AvgIpc) is 2.95. The van der Waals surface area contributed by atoms with Crippen molar-refractivity contribution in [1.29, 1.82) is 5.26 Å². The van der Waals surface area contributed by atoms with Crippen molar-refractivity contribution in [2.75, 3.05) is 13.2 Å². The lowest BCUT2D eigenvalue weighted by atomic mass is 9.92. The fraction of sp³-hybridized carbons (Fsp3) is 0.212. The lowest BCUT2D eigenvalue weighted by molar-refractivity contribution is 0.0697. The van der Waals surface area contributed by atoms with Crippen molar-refractivity contribution in [3.8, 4) is 34.1 Å². The molecule has 4 rings (SSSR count). The van der Waals surface area contributed by atoms with Crippen molar-refractivity contribution in [3.05, 3.63) is 114 Å². The first-order valence-electron chi connectivity index (χ1n) is 12.8. The van der Waals surface area contributed by atoms with Gasteiger partial charge in [-0.15, -0.1) is 0 Å². The number of ether oxygens (including phenoxy) is 1. The normalized spacial score (nSPS) is 11.9. The van der Waals surface area contributed by atoms with Crippen LogP contribution in [0.2, 0.25) is 0 Å². The van der Waals surface area contributed by atoms with E-state index >= 15 is 0 Å². The van der Waals surface area contributed by atoms with Crippen LogP contribution < -0.4 is 10.1 Å². The van der Waals surface area contributed by atoms with E-state index in [4.69, 9.17) is 9.84 Å². The monoisotopic (exact) mass is 520 g/mol. The highest BCUT2D eigenvalue weighted by molar-refractivity contribution is 5.88. The molecule has 39 heavy (non-hydrogen) atoms. The van der Waals surface area contributed by atoms with Crippen LogP contribution >= 0.6 is 0 Å². The molecule has 198 valence electrons. The molecule has 0 unspecified atom stereocenters. The molecule has 0 fully saturated rings. The van der Waals surface area contributed by atoms with Gasteiger partial charge in [-0.25, -0.2) is 4.79 Å². The maximum atomic E-state index is 11.1. The van der Waals surface area contributed by atoms with E-state index in [0.29, 0.717) is 17.9 Å². The fourth-order valence-electron chi connectivity index (χ4n) is 4.42. The quantitative estimate of drug-likeness (QED) is 0.226. The molecule has 0 saturated heterocycles. The Bertz CT molecular complexity index is 1460. The largest absolute Gasteiger partial charge is 0.489 e. The highest BCUT2D eigenvalue weighted by atomic mass is 16.5. The Labute approximate surface area is 229 Å². The van der Waals surface area contributed by atoms with Crippen LogP contribution in [0.4, 0.5) is 0 Å². The Kier molecular flexibility index (Phi) is 8.77. The zero-order valence-corrected chi connectivity index (χ0v) is 22.1. The molecule has 4 aromatic carbocycles. The number of nitrogens with zero attached hydrogens (tertiary/aromatic N) is 1. The summed E-state index contributed by atoms with van der Waals surface area (Å²) in [6, 6.07) is 32.6. The van der Waals surface area contributed by atoms with Gasteiger partial charge in [0.1, 0.15) is 24.5 Å². The van der Waals surface area contributed by atoms with E-state index in [1.807, 2.05) is 18.2 Å². The molecule has 6 heteroatoms. The third-order valence-electron chi connectivity index (χ3n) is 6.49. The summed E-state index contributed by atoms with van der Waals surface area (Å²) in [7, 11) is 0. The zero-order valence-electron chi connectivity index (χ0n) is 22.1. The molecule has 0 aromatic heterocycles. The molecule has 1 atom stereocenters. The summed E-state index contributed by atoms with van der Waals surface area (Å²) in [5, 5.41) is 32.7. The smallest absolute Gasteiger partial charge is 0.335 e. The van der Waals surface area contributed by atoms with Crippen LogP contribution in [-0.4, -0.2) is 41.0 Å². The zero-order chi connectivity index (χ0) is 27.8. The summed E-state index contributed by atoms with van der Waals surface area (Å²) in [6.07, 6.45) is -0.00676. The average molecular weight is 521 g/mol. The number of carboxylic acid groups (broad SMARTS) is 1. The Morgan fingerprint density at radius 2 is 1.54 bits per heavy atom. The van der Waals surface area contributed by atoms with E-state index in [0.717, 1.165) is 17.5 Å². The number of aliphatic hydroxyl groups is 1. The van der Waals surface area contributed by atoms with Gasteiger partial charge in [0.15, 0.2) is 0 Å². The van der Waals surface area contributed by atoms with Gasteiger partial charge in [-0.05, 0) is 72.4 Å². The van der Waals surface area contributed by atoms with Crippen molar-refractivity contribution in [1.82, 2.24) is 5.32 Å². The minimum Gasteiger partial charge on any atom is -0.489 e. The second kappa shape index (κ2) is 12.4. The van der Waals surface area contributed by atoms with Gasteiger partial charge in [-0.3, -0.25) is 0 Å². The maximum Gasteiger partial charge on any atom is 0.335 e. The minimum atomic E-state index is -0.989. The molecule has 0 amide bonds. The number of aliphatic hydroxyl groups excluding tert-OH is 1. The molecule has 0 aliphatic carbocycles. The number of hydrogen-bond acceptors (Lipinski definition) is 5. The molecule has 4 aromatic rings. The van der Waals surface area contributed by atoms with Crippen molar-refractivity contribution in [2.24, 2.45) is 0 Å². The van der Waals surface area contributed by atoms with Gasteiger partial charge >= 0.3 is 5.97 Å². The Hall–Kier alpha value is -4.44. The summed E-state index contributed by atoms with van der Waals surface area (Å²) < 4.78 is 5.86. The third-order valence-corrected chi connectivity index (χ3v) is 6.49. The molecular weight excluding hydrogens is 488 g/mol. The topological polar surface area (TPSA) is 103 Å². The lowest BCUT2D eigenvalue weighted by Gasteiger charge is -2.28. The van der Waals surface area contributed by atoms with Crippen molar-refractivity contribution >= 4 is 5.97 Å². The predicted octanol–water partition coefficient (Wildman–Crippen LogP) is 5.94. The molecular formula is C33H32N2O4.